The minimum Gasteiger partial charge on any atom is -0.487 e. The molecule has 0 N–H and O–H groups in total. The number of benzene rings is 3. The van der Waals surface area contributed by atoms with Crippen LogP contribution in [0.5, 0.6) is 5.75 Å². The number of nitrogens with zero attached hydrogens (tertiary/aromatic N) is 3. The number of aromatic nitrogens is 2. The van der Waals surface area contributed by atoms with Crippen LogP contribution in [0.25, 0.3) is 16.8 Å². The van der Waals surface area contributed by atoms with Crippen LogP contribution in [0.15, 0.2) is 71.5 Å². The quantitative estimate of drug-likeness (QED) is 0.281. The van der Waals surface area contributed by atoms with Crippen LogP contribution in [0.4, 0.5) is 0 Å². The van der Waals surface area contributed by atoms with Gasteiger partial charge in [-0.15, -0.1) is 0 Å². The highest BCUT2D eigenvalue weighted by Gasteiger charge is 2.30. The zero-order chi connectivity index (χ0) is 26.9. The van der Waals surface area contributed by atoms with E-state index in [1.807, 2.05) is 67.6 Å². The Labute approximate surface area is 224 Å². The van der Waals surface area contributed by atoms with Gasteiger partial charge in [0.25, 0.3) is 5.56 Å². The molecule has 0 spiro atoms. The number of unbranched alkanes of at least 4 members (excludes halogenated alkanes) is 1. The van der Waals surface area contributed by atoms with Crippen molar-refractivity contribution in [3.63, 3.8) is 0 Å². The number of ether oxygens (including phenoxy) is 1. The lowest BCUT2D eigenvalue weighted by atomic mass is 9.96. The highest BCUT2D eigenvalue weighted by atomic mass is 16.5. The SMILES string of the molecule is CCCCc1nc(C)n(-c2ccc3c(c2)CC(C)(C)O3)c(=O)c1Cc1ccc(-c2ccccc2C#N)cc1. The molecule has 5 rings (SSSR count). The summed E-state index contributed by atoms with van der Waals surface area (Å²) in [6.45, 7) is 8.22. The Kier molecular flexibility index (Phi) is 6.91. The Morgan fingerprint density at radius 1 is 1.08 bits per heavy atom. The zero-order valence-electron chi connectivity index (χ0n) is 22.5. The smallest absolute Gasteiger partial charge is 0.261 e. The maximum Gasteiger partial charge on any atom is 0.261 e. The van der Waals surface area contributed by atoms with Gasteiger partial charge < -0.3 is 4.74 Å². The van der Waals surface area contributed by atoms with E-state index in [1.165, 1.54) is 0 Å². The van der Waals surface area contributed by atoms with Crippen molar-refractivity contribution in [1.29, 1.82) is 5.26 Å². The minimum atomic E-state index is -0.242. The lowest BCUT2D eigenvalue weighted by Gasteiger charge is -2.17. The first-order valence-corrected chi connectivity index (χ1v) is 13.3. The molecule has 192 valence electrons. The molecule has 0 saturated carbocycles. The van der Waals surface area contributed by atoms with E-state index in [4.69, 9.17) is 9.72 Å². The molecule has 1 aromatic heterocycles. The number of aryl methyl sites for hydroxylation is 2. The van der Waals surface area contributed by atoms with Gasteiger partial charge in [-0.05, 0) is 74.6 Å². The molecule has 1 aliphatic heterocycles. The van der Waals surface area contributed by atoms with Crippen molar-refractivity contribution in [1.82, 2.24) is 9.55 Å². The molecule has 38 heavy (non-hydrogen) atoms. The molecule has 4 aromatic rings. The molecule has 0 fully saturated rings. The predicted octanol–water partition coefficient (Wildman–Crippen LogP) is 6.73. The van der Waals surface area contributed by atoms with Crippen LogP contribution < -0.4 is 10.3 Å². The second-order valence-electron chi connectivity index (χ2n) is 10.7. The Morgan fingerprint density at radius 3 is 2.58 bits per heavy atom. The summed E-state index contributed by atoms with van der Waals surface area (Å²) in [6.07, 6.45) is 4.12. The first-order valence-electron chi connectivity index (χ1n) is 13.3. The molecule has 0 atom stereocenters. The summed E-state index contributed by atoms with van der Waals surface area (Å²) >= 11 is 0. The number of hydrogen-bond acceptors (Lipinski definition) is 4. The van der Waals surface area contributed by atoms with Crippen LogP contribution in [-0.2, 0) is 19.3 Å². The van der Waals surface area contributed by atoms with Crippen molar-refractivity contribution < 1.29 is 4.74 Å². The third-order valence-corrected chi connectivity index (χ3v) is 7.20. The Morgan fingerprint density at radius 2 is 1.84 bits per heavy atom. The average molecular weight is 504 g/mol. The fourth-order valence-electron chi connectivity index (χ4n) is 5.32. The van der Waals surface area contributed by atoms with E-state index in [-0.39, 0.29) is 11.2 Å². The fourth-order valence-corrected chi connectivity index (χ4v) is 5.32. The summed E-state index contributed by atoms with van der Waals surface area (Å²) in [5, 5.41) is 9.48. The van der Waals surface area contributed by atoms with E-state index in [0.29, 0.717) is 17.8 Å². The van der Waals surface area contributed by atoms with Crippen LogP contribution in [0.3, 0.4) is 0 Å². The van der Waals surface area contributed by atoms with Crippen LogP contribution in [-0.4, -0.2) is 15.2 Å². The van der Waals surface area contributed by atoms with Crippen LogP contribution >= 0.6 is 0 Å². The lowest BCUT2D eigenvalue weighted by Crippen LogP contribution is -2.28. The third kappa shape index (κ3) is 4.99. The van der Waals surface area contributed by atoms with Crippen LogP contribution in [0, 0.1) is 18.3 Å². The number of rotatable bonds is 7. The molecular weight excluding hydrogens is 470 g/mol. The van der Waals surface area contributed by atoms with Crippen molar-refractivity contribution in [2.75, 3.05) is 0 Å². The van der Waals surface area contributed by atoms with Crippen molar-refractivity contribution in [2.45, 2.75) is 65.4 Å². The van der Waals surface area contributed by atoms with Gasteiger partial charge in [0.15, 0.2) is 0 Å². The zero-order valence-corrected chi connectivity index (χ0v) is 22.5. The fraction of sp³-hybridized carbons (Fsp3) is 0.303. The maximum absolute atomic E-state index is 14.0. The summed E-state index contributed by atoms with van der Waals surface area (Å²) in [5.41, 5.74) is 6.90. The van der Waals surface area contributed by atoms with Gasteiger partial charge in [0.2, 0.25) is 0 Å². The van der Waals surface area contributed by atoms with Gasteiger partial charge in [-0.2, -0.15) is 5.26 Å². The topological polar surface area (TPSA) is 67.9 Å². The second-order valence-corrected chi connectivity index (χ2v) is 10.7. The largest absolute Gasteiger partial charge is 0.487 e. The first kappa shape index (κ1) is 25.5. The molecular formula is C33H33N3O2. The minimum absolute atomic E-state index is 0.0133. The normalized spacial score (nSPS) is 13.6. The predicted molar refractivity (Wildman–Crippen MR) is 151 cm³/mol. The van der Waals surface area contributed by atoms with Crippen molar-refractivity contribution in [3.05, 3.63) is 111 Å². The molecule has 0 radical (unpaired) electrons. The van der Waals surface area contributed by atoms with E-state index in [0.717, 1.165) is 70.6 Å². The van der Waals surface area contributed by atoms with Crippen molar-refractivity contribution in [3.8, 4) is 28.6 Å². The van der Waals surface area contributed by atoms with Gasteiger partial charge in [-0.3, -0.25) is 9.36 Å². The molecule has 3 aromatic carbocycles. The Hall–Kier alpha value is -4.17. The highest BCUT2D eigenvalue weighted by Crippen LogP contribution is 2.36. The van der Waals surface area contributed by atoms with Gasteiger partial charge >= 0.3 is 0 Å². The summed E-state index contributed by atoms with van der Waals surface area (Å²) in [5.74, 6) is 1.58. The molecule has 0 aliphatic carbocycles. The molecule has 5 nitrogen and oxygen atoms in total. The van der Waals surface area contributed by atoms with Gasteiger partial charge in [0.1, 0.15) is 17.2 Å². The summed E-state index contributed by atoms with van der Waals surface area (Å²) in [4.78, 5) is 19.0. The summed E-state index contributed by atoms with van der Waals surface area (Å²) in [7, 11) is 0. The Balaban J connectivity index is 1.53. The summed E-state index contributed by atoms with van der Waals surface area (Å²) in [6, 6.07) is 24.0. The first-order chi connectivity index (χ1) is 18.3. The van der Waals surface area contributed by atoms with E-state index >= 15 is 0 Å². The monoisotopic (exact) mass is 503 g/mol. The highest BCUT2D eigenvalue weighted by molar-refractivity contribution is 5.70. The molecule has 0 saturated heterocycles. The summed E-state index contributed by atoms with van der Waals surface area (Å²) < 4.78 is 7.79. The second kappa shape index (κ2) is 10.3. The molecule has 0 unspecified atom stereocenters. The standard InChI is InChI=1S/C33H33N3O2/c1-5-6-11-30-29(18-23-12-14-24(15-13-23)28-10-8-7-9-25(28)21-34)32(37)36(22(2)35-30)27-16-17-31-26(19-27)20-33(3,4)38-31/h7-10,12-17,19H,5-6,11,18,20H2,1-4H3. The van der Waals surface area contributed by atoms with Crippen molar-refractivity contribution >= 4 is 0 Å². The van der Waals surface area contributed by atoms with Gasteiger partial charge in [-0.25, -0.2) is 4.98 Å². The average Bonchev–Trinajstić information content (AvgIpc) is 3.22. The van der Waals surface area contributed by atoms with E-state index in [2.05, 4.69) is 32.9 Å². The van der Waals surface area contributed by atoms with Crippen LogP contribution in [0.1, 0.15) is 67.4 Å². The molecule has 0 amide bonds. The molecule has 2 heterocycles. The molecule has 5 heteroatoms. The Bertz CT molecular complexity index is 1590. The lowest BCUT2D eigenvalue weighted by molar-refractivity contribution is 0.138. The van der Waals surface area contributed by atoms with Crippen LogP contribution in [0.2, 0.25) is 0 Å². The molecule has 1 aliphatic rings. The number of nitriles is 1. The van der Waals surface area contributed by atoms with E-state index in [1.54, 1.807) is 4.57 Å². The van der Waals surface area contributed by atoms with Gasteiger partial charge in [-0.1, -0.05) is 55.8 Å². The number of fused-ring (bicyclic) bond motifs is 1. The van der Waals surface area contributed by atoms with Gasteiger partial charge in [0.05, 0.1) is 23.0 Å². The van der Waals surface area contributed by atoms with E-state index in [9.17, 15) is 10.1 Å². The molecule has 0 bridgehead atoms. The van der Waals surface area contributed by atoms with E-state index < -0.39 is 0 Å². The van der Waals surface area contributed by atoms with Gasteiger partial charge in [0, 0.05) is 24.0 Å². The van der Waals surface area contributed by atoms with Crippen molar-refractivity contribution in [2.24, 2.45) is 0 Å². The maximum atomic E-state index is 14.0. The third-order valence-electron chi connectivity index (χ3n) is 7.20. The number of hydrogen-bond donors (Lipinski definition) is 0.